The molecule has 0 spiro atoms. The molecule has 7 heteroatoms. The summed E-state index contributed by atoms with van der Waals surface area (Å²) in [5.41, 5.74) is 0.460. The number of hydrogen-bond donors (Lipinski definition) is 1. The number of ketones is 1. The van der Waals surface area contributed by atoms with Crippen molar-refractivity contribution in [2.75, 3.05) is 26.2 Å². The van der Waals surface area contributed by atoms with Gasteiger partial charge in [0.05, 0.1) is 13.1 Å². The lowest BCUT2D eigenvalue weighted by Crippen LogP contribution is -2.56. The van der Waals surface area contributed by atoms with Crippen molar-refractivity contribution in [3.8, 4) is 0 Å². The minimum Gasteiger partial charge on any atom is -0.343 e. The first kappa shape index (κ1) is 35.7. The number of carbonyl (C=O) groups excluding carboxylic acids is 4. The predicted octanol–water partition coefficient (Wildman–Crippen LogP) is 7.09. The smallest absolute Gasteiger partial charge is 0.252 e. The second kappa shape index (κ2) is 22.1. The van der Waals surface area contributed by atoms with Crippen LogP contribution in [0.5, 0.6) is 0 Å². The van der Waals surface area contributed by atoms with Crippen LogP contribution < -0.4 is 5.32 Å². The highest BCUT2D eigenvalue weighted by atomic mass is 16.2. The molecule has 1 aromatic rings. The summed E-state index contributed by atoms with van der Waals surface area (Å²) in [7, 11) is 0. The van der Waals surface area contributed by atoms with Gasteiger partial charge in [-0.15, -0.1) is 0 Å². The minimum absolute atomic E-state index is 0.138. The maximum absolute atomic E-state index is 13.1. The summed E-state index contributed by atoms with van der Waals surface area (Å²) in [6.07, 6.45) is 20.4. The number of nitrogens with zero attached hydrogens (tertiary/aromatic N) is 2. The van der Waals surface area contributed by atoms with Crippen molar-refractivity contribution < 1.29 is 19.2 Å². The molecule has 1 fully saturated rings. The van der Waals surface area contributed by atoms with Crippen LogP contribution in [0.4, 0.5) is 0 Å². The second-order valence-electron chi connectivity index (χ2n) is 12.0. The maximum atomic E-state index is 13.1. The second-order valence-corrected chi connectivity index (χ2v) is 12.0. The van der Waals surface area contributed by atoms with Gasteiger partial charge >= 0.3 is 0 Å². The predicted molar refractivity (Wildman–Crippen MR) is 170 cm³/mol. The van der Waals surface area contributed by atoms with Crippen molar-refractivity contribution in [2.24, 2.45) is 0 Å². The molecule has 0 aliphatic carbocycles. The van der Waals surface area contributed by atoms with Gasteiger partial charge in [0, 0.05) is 12.0 Å². The Kier molecular flexibility index (Phi) is 18.7. The summed E-state index contributed by atoms with van der Waals surface area (Å²) in [4.78, 5) is 54.6. The van der Waals surface area contributed by atoms with Gasteiger partial charge in [0.25, 0.3) is 5.91 Å². The lowest BCUT2D eigenvalue weighted by Gasteiger charge is -2.31. The van der Waals surface area contributed by atoms with Gasteiger partial charge < -0.3 is 5.32 Å². The monoisotopic (exact) mass is 583 g/mol. The first-order chi connectivity index (χ1) is 20.5. The van der Waals surface area contributed by atoms with Crippen LogP contribution in [0.2, 0.25) is 0 Å². The van der Waals surface area contributed by atoms with Gasteiger partial charge in [-0.25, -0.2) is 0 Å². The normalized spacial score (nSPS) is 15.4. The maximum Gasteiger partial charge on any atom is 0.252 e. The molecule has 3 amide bonds. The zero-order valence-electron chi connectivity index (χ0n) is 26.5. The van der Waals surface area contributed by atoms with Gasteiger partial charge in [0.1, 0.15) is 6.04 Å². The number of benzene rings is 1. The molecule has 2 rings (SSSR count). The molecule has 1 aromatic carbocycles. The van der Waals surface area contributed by atoms with Crippen molar-refractivity contribution >= 4 is 23.5 Å². The van der Waals surface area contributed by atoms with Gasteiger partial charge in [-0.3, -0.25) is 29.0 Å². The third kappa shape index (κ3) is 14.6. The zero-order chi connectivity index (χ0) is 30.4. The number of rotatable bonds is 24. The Morgan fingerprint density at radius 3 is 1.79 bits per heavy atom. The van der Waals surface area contributed by atoms with Crippen LogP contribution >= 0.6 is 0 Å². The number of piperidine rings is 1. The van der Waals surface area contributed by atoms with Gasteiger partial charge in [0.2, 0.25) is 11.8 Å². The molecule has 1 aliphatic rings. The highest BCUT2D eigenvalue weighted by Gasteiger charge is 2.36. The topological polar surface area (TPSA) is 86.8 Å². The van der Waals surface area contributed by atoms with Crippen molar-refractivity contribution in [1.29, 1.82) is 0 Å². The third-order valence-corrected chi connectivity index (χ3v) is 8.27. The number of amides is 3. The summed E-state index contributed by atoms with van der Waals surface area (Å²) in [6.45, 7) is 6.21. The number of likely N-dealkylation sites (tertiary alicyclic amines) is 1. The van der Waals surface area contributed by atoms with Crippen molar-refractivity contribution in [3.05, 3.63) is 35.9 Å². The third-order valence-electron chi connectivity index (χ3n) is 8.27. The quantitative estimate of drug-likeness (QED) is 0.0798. The Morgan fingerprint density at radius 1 is 0.762 bits per heavy atom. The highest BCUT2D eigenvalue weighted by molar-refractivity contribution is 6.07. The average Bonchev–Trinajstić information content (AvgIpc) is 2.99. The van der Waals surface area contributed by atoms with E-state index < -0.39 is 11.9 Å². The molecule has 1 unspecified atom stereocenters. The number of hydrogen-bond acceptors (Lipinski definition) is 5. The van der Waals surface area contributed by atoms with E-state index in [-0.39, 0.29) is 43.5 Å². The average molecular weight is 584 g/mol. The van der Waals surface area contributed by atoms with E-state index in [1.807, 2.05) is 6.07 Å². The lowest BCUT2D eigenvalue weighted by molar-refractivity contribution is -0.150. The first-order valence-corrected chi connectivity index (χ1v) is 16.9. The number of unbranched alkanes of at least 4 members (excludes halogenated alkanes) is 14. The van der Waals surface area contributed by atoms with Gasteiger partial charge in [-0.05, 0) is 32.4 Å². The Bertz CT molecular complexity index is 900. The molecule has 1 N–H and O–H groups in total. The van der Waals surface area contributed by atoms with E-state index in [4.69, 9.17) is 0 Å². The van der Waals surface area contributed by atoms with Crippen molar-refractivity contribution in [1.82, 2.24) is 15.1 Å². The number of nitrogens with one attached hydrogen (secondary N) is 1. The summed E-state index contributed by atoms with van der Waals surface area (Å²) >= 11 is 0. The molecule has 236 valence electrons. The highest BCUT2D eigenvalue weighted by Crippen LogP contribution is 2.16. The van der Waals surface area contributed by atoms with E-state index in [1.165, 1.54) is 89.9 Å². The van der Waals surface area contributed by atoms with E-state index in [0.717, 1.165) is 30.8 Å². The number of carbonyl (C=O) groups is 4. The van der Waals surface area contributed by atoms with Gasteiger partial charge in [-0.2, -0.15) is 0 Å². The summed E-state index contributed by atoms with van der Waals surface area (Å²) in [6, 6.07) is 7.90. The van der Waals surface area contributed by atoms with Crippen LogP contribution in [-0.4, -0.2) is 65.5 Å². The number of imide groups is 1. The Balaban J connectivity index is 1.83. The fraction of sp³-hybridized carbons (Fsp3) is 0.714. The molecule has 7 nitrogen and oxygen atoms in total. The van der Waals surface area contributed by atoms with Crippen LogP contribution in [-0.2, 0) is 14.4 Å². The molecular formula is C35H57N3O4. The lowest BCUT2D eigenvalue weighted by atomic mass is 10.0. The molecule has 0 radical (unpaired) electrons. The fourth-order valence-electron chi connectivity index (χ4n) is 5.65. The van der Waals surface area contributed by atoms with E-state index in [9.17, 15) is 19.2 Å². The van der Waals surface area contributed by atoms with E-state index in [0.29, 0.717) is 5.56 Å². The molecular weight excluding hydrogens is 526 g/mol. The first-order valence-electron chi connectivity index (χ1n) is 16.9. The summed E-state index contributed by atoms with van der Waals surface area (Å²) in [5.74, 6) is -1.32. The van der Waals surface area contributed by atoms with E-state index in [2.05, 4.69) is 24.1 Å². The van der Waals surface area contributed by atoms with Crippen LogP contribution in [0, 0.1) is 0 Å². The van der Waals surface area contributed by atoms with Crippen molar-refractivity contribution in [3.63, 3.8) is 0 Å². The largest absolute Gasteiger partial charge is 0.343 e. The molecule has 0 bridgehead atoms. The minimum atomic E-state index is -0.771. The van der Waals surface area contributed by atoms with E-state index >= 15 is 0 Å². The Labute approximate surface area is 255 Å². The molecule has 1 saturated heterocycles. The molecule has 1 aliphatic heterocycles. The van der Waals surface area contributed by atoms with Crippen LogP contribution in [0.1, 0.15) is 140 Å². The molecule has 1 atom stereocenters. The number of Topliss-reactive ketones (excluding diaryl/α,β-unsaturated/α-hetero) is 1. The summed E-state index contributed by atoms with van der Waals surface area (Å²) < 4.78 is 0. The van der Waals surface area contributed by atoms with Crippen LogP contribution in [0.3, 0.4) is 0 Å². The standard InChI is InChI=1S/C35H57N3O4/c1-3-5-7-9-11-13-15-20-26-37(27-21-16-14-12-10-8-6-4-2)29-33(40)36-31-24-25-34(41)38(35(31)42)28-32(39)30-22-18-17-19-23-30/h17-19,22-23,31H,3-16,20-21,24-29H2,1-2H3,(H,36,40). The molecule has 1 heterocycles. The molecule has 42 heavy (non-hydrogen) atoms. The molecule has 0 aromatic heterocycles. The fourth-order valence-corrected chi connectivity index (χ4v) is 5.65. The Hall–Kier alpha value is -2.54. The van der Waals surface area contributed by atoms with Crippen molar-refractivity contribution in [2.45, 2.75) is 135 Å². The van der Waals surface area contributed by atoms with Crippen LogP contribution in [0.25, 0.3) is 0 Å². The Morgan fingerprint density at radius 2 is 1.26 bits per heavy atom. The SMILES string of the molecule is CCCCCCCCCCN(CCCCCCCCCC)CC(=O)NC1CCC(=O)N(CC(=O)c2ccccc2)C1=O. The van der Waals surface area contributed by atoms with Gasteiger partial charge in [-0.1, -0.05) is 134 Å². The van der Waals surface area contributed by atoms with E-state index in [1.54, 1.807) is 24.3 Å². The van der Waals surface area contributed by atoms with Gasteiger partial charge in [0.15, 0.2) is 5.78 Å². The summed E-state index contributed by atoms with van der Waals surface area (Å²) in [5, 5.41) is 2.89. The molecule has 0 saturated carbocycles. The van der Waals surface area contributed by atoms with Crippen LogP contribution in [0.15, 0.2) is 30.3 Å². The zero-order valence-corrected chi connectivity index (χ0v) is 26.5.